The second-order valence-corrected chi connectivity index (χ2v) is 4.82. The van der Waals surface area contributed by atoms with Gasteiger partial charge in [0.25, 0.3) is 0 Å². The molecule has 2 rings (SSSR count). The van der Waals surface area contributed by atoms with Crippen LogP contribution in [0.2, 0.25) is 0 Å². The van der Waals surface area contributed by atoms with Crippen LogP contribution in [-0.4, -0.2) is 22.3 Å². The molecular formula is C15H17F2N3O2. The number of aromatic nitrogens is 2. The molecule has 1 heterocycles. The fraction of sp³-hybridized carbons (Fsp3) is 0.333. The molecule has 1 N–H and O–H groups in total. The van der Waals surface area contributed by atoms with Crippen molar-refractivity contribution in [3.8, 4) is 5.75 Å². The standard InChI is InChI=1S/C15H17F2N3O2/c1-10-9-11(2)20(19-10)8-7-14(21)18-12-5-3-4-6-13(12)22-15(16)17/h3-6,9,15H,7-8H2,1-2H3,(H,18,21). The maximum atomic E-state index is 12.3. The van der Waals surface area contributed by atoms with Crippen LogP contribution in [0, 0.1) is 13.8 Å². The van der Waals surface area contributed by atoms with Crippen molar-refractivity contribution in [2.75, 3.05) is 5.32 Å². The molecule has 1 aromatic carbocycles. The van der Waals surface area contributed by atoms with Crippen LogP contribution in [0.1, 0.15) is 17.8 Å². The van der Waals surface area contributed by atoms with Crippen molar-refractivity contribution in [3.63, 3.8) is 0 Å². The summed E-state index contributed by atoms with van der Waals surface area (Å²) >= 11 is 0. The number of hydrogen-bond donors (Lipinski definition) is 1. The summed E-state index contributed by atoms with van der Waals surface area (Å²) in [6.45, 7) is 1.27. The summed E-state index contributed by atoms with van der Waals surface area (Å²) in [6, 6.07) is 8.00. The van der Waals surface area contributed by atoms with E-state index >= 15 is 0 Å². The van der Waals surface area contributed by atoms with E-state index in [9.17, 15) is 13.6 Å². The number of nitrogens with one attached hydrogen (secondary N) is 1. The minimum Gasteiger partial charge on any atom is -0.433 e. The van der Waals surface area contributed by atoms with Gasteiger partial charge in [-0.1, -0.05) is 12.1 Å². The van der Waals surface area contributed by atoms with Crippen LogP contribution in [0.4, 0.5) is 14.5 Å². The summed E-state index contributed by atoms with van der Waals surface area (Å²) in [4.78, 5) is 11.9. The molecule has 7 heteroatoms. The molecule has 22 heavy (non-hydrogen) atoms. The van der Waals surface area contributed by atoms with E-state index in [1.165, 1.54) is 12.1 Å². The minimum absolute atomic E-state index is 0.0584. The van der Waals surface area contributed by atoms with Gasteiger partial charge in [-0.3, -0.25) is 9.48 Å². The quantitative estimate of drug-likeness (QED) is 0.892. The summed E-state index contributed by atoms with van der Waals surface area (Å²) in [5, 5.41) is 6.83. The van der Waals surface area contributed by atoms with E-state index in [2.05, 4.69) is 15.2 Å². The average molecular weight is 309 g/mol. The molecule has 0 unspecified atom stereocenters. The van der Waals surface area contributed by atoms with Crippen molar-refractivity contribution in [1.29, 1.82) is 0 Å². The highest BCUT2D eigenvalue weighted by atomic mass is 19.3. The zero-order valence-electron chi connectivity index (χ0n) is 12.3. The molecule has 1 aromatic heterocycles. The van der Waals surface area contributed by atoms with Crippen LogP contribution in [-0.2, 0) is 11.3 Å². The Labute approximate surface area is 126 Å². The number of benzene rings is 1. The van der Waals surface area contributed by atoms with Gasteiger partial charge >= 0.3 is 6.61 Å². The Morgan fingerprint density at radius 3 is 2.73 bits per heavy atom. The van der Waals surface area contributed by atoms with Crippen LogP contribution < -0.4 is 10.1 Å². The van der Waals surface area contributed by atoms with Gasteiger partial charge in [0.15, 0.2) is 0 Å². The van der Waals surface area contributed by atoms with Gasteiger partial charge in [0.2, 0.25) is 5.91 Å². The smallest absolute Gasteiger partial charge is 0.387 e. The molecule has 2 aromatic rings. The van der Waals surface area contributed by atoms with Gasteiger partial charge in [0, 0.05) is 18.7 Å². The number of amides is 1. The maximum absolute atomic E-state index is 12.3. The number of ether oxygens (including phenoxy) is 1. The third-order valence-corrected chi connectivity index (χ3v) is 3.03. The maximum Gasteiger partial charge on any atom is 0.387 e. The Hall–Kier alpha value is -2.44. The predicted octanol–water partition coefficient (Wildman–Crippen LogP) is 3.13. The summed E-state index contributed by atoms with van der Waals surface area (Å²) in [5.74, 6) is -0.352. The molecule has 0 saturated carbocycles. The largest absolute Gasteiger partial charge is 0.433 e. The Morgan fingerprint density at radius 1 is 1.36 bits per heavy atom. The second-order valence-electron chi connectivity index (χ2n) is 4.82. The van der Waals surface area contributed by atoms with E-state index in [0.29, 0.717) is 6.54 Å². The van der Waals surface area contributed by atoms with E-state index in [1.54, 1.807) is 16.8 Å². The second kappa shape index (κ2) is 7.02. The van der Waals surface area contributed by atoms with Crippen molar-refractivity contribution >= 4 is 11.6 Å². The van der Waals surface area contributed by atoms with Crippen LogP contribution in [0.25, 0.3) is 0 Å². The zero-order valence-corrected chi connectivity index (χ0v) is 12.3. The lowest BCUT2D eigenvalue weighted by molar-refractivity contribution is -0.116. The third kappa shape index (κ3) is 4.28. The highest BCUT2D eigenvalue weighted by Gasteiger charge is 2.12. The fourth-order valence-corrected chi connectivity index (χ4v) is 2.09. The van der Waals surface area contributed by atoms with E-state index < -0.39 is 6.61 Å². The van der Waals surface area contributed by atoms with Crippen molar-refractivity contribution in [1.82, 2.24) is 9.78 Å². The Morgan fingerprint density at radius 2 is 2.09 bits per heavy atom. The van der Waals surface area contributed by atoms with Crippen LogP contribution in [0.15, 0.2) is 30.3 Å². The van der Waals surface area contributed by atoms with Gasteiger partial charge < -0.3 is 10.1 Å². The van der Waals surface area contributed by atoms with Crippen molar-refractivity contribution in [2.45, 2.75) is 33.4 Å². The van der Waals surface area contributed by atoms with Crippen LogP contribution in [0.3, 0.4) is 0 Å². The van der Waals surface area contributed by atoms with Crippen LogP contribution in [0.5, 0.6) is 5.75 Å². The van der Waals surface area contributed by atoms with E-state index in [0.717, 1.165) is 11.4 Å². The lowest BCUT2D eigenvalue weighted by atomic mass is 10.2. The van der Waals surface area contributed by atoms with Crippen molar-refractivity contribution in [3.05, 3.63) is 41.7 Å². The van der Waals surface area contributed by atoms with Gasteiger partial charge in [-0.25, -0.2) is 0 Å². The molecule has 0 saturated heterocycles. The molecule has 0 fully saturated rings. The molecular weight excluding hydrogens is 292 g/mol. The Bertz CT molecular complexity index is 656. The third-order valence-electron chi connectivity index (χ3n) is 3.03. The van der Waals surface area contributed by atoms with Gasteiger partial charge in [0.05, 0.1) is 11.4 Å². The number of para-hydroxylation sites is 2. The monoisotopic (exact) mass is 309 g/mol. The Kier molecular flexibility index (Phi) is 5.08. The molecule has 0 aliphatic carbocycles. The molecule has 0 bridgehead atoms. The van der Waals surface area contributed by atoms with Gasteiger partial charge in [-0.2, -0.15) is 13.9 Å². The normalized spacial score (nSPS) is 10.8. The minimum atomic E-state index is -2.94. The van der Waals surface area contributed by atoms with E-state index in [4.69, 9.17) is 0 Å². The zero-order chi connectivity index (χ0) is 16.1. The van der Waals surface area contributed by atoms with Gasteiger partial charge in [0.1, 0.15) is 5.75 Å². The molecule has 0 atom stereocenters. The van der Waals surface area contributed by atoms with E-state index in [-0.39, 0.29) is 23.8 Å². The fourth-order valence-electron chi connectivity index (χ4n) is 2.09. The number of nitrogens with zero attached hydrogens (tertiary/aromatic N) is 2. The molecule has 5 nitrogen and oxygen atoms in total. The van der Waals surface area contributed by atoms with Crippen molar-refractivity contribution < 1.29 is 18.3 Å². The lowest BCUT2D eigenvalue weighted by Crippen LogP contribution is -2.16. The Balaban J connectivity index is 1.96. The van der Waals surface area contributed by atoms with E-state index in [1.807, 2.05) is 19.9 Å². The topological polar surface area (TPSA) is 56.2 Å². The van der Waals surface area contributed by atoms with Gasteiger partial charge in [-0.15, -0.1) is 0 Å². The molecule has 0 spiro atoms. The number of hydrogen-bond acceptors (Lipinski definition) is 3. The summed E-state index contributed by atoms with van der Waals surface area (Å²) < 4.78 is 30.7. The lowest BCUT2D eigenvalue weighted by Gasteiger charge is -2.11. The number of alkyl halides is 2. The summed E-state index contributed by atoms with van der Waals surface area (Å²) in [6.07, 6.45) is 0.185. The SMILES string of the molecule is Cc1cc(C)n(CCC(=O)Nc2ccccc2OC(F)F)n1. The van der Waals surface area contributed by atoms with Crippen LogP contribution >= 0.6 is 0 Å². The average Bonchev–Trinajstić information content (AvgIpc) is 2.76. The highest BCUT2D eigenvalue weighted by molar-refractivity contribution is 5.92. The first-order valence-electron chi connectivity index (χ1n) is 6.80. The molecule has 0 aliphatic rings. The van der Waals surface area contributed by atoms with Crippen molar-refractivity contribution in [2.24, 2.45) is 0 Å². The molecule has 0 aliphatic heterocycles. The number of anilines is 1. The number of carbonyl (C=O) groups is 1. The predicted molar refractivity (Wildman–Crippen MR) is 78.0 cm³/mol. The first-order chi connectivity index (χ1) is 10.5. The number of halogens is 2. The molecule has 0 radical (unpaired) electrons. The number of carbonyl (C=O) groups excluding carboxylic acids is 1. The highest BCUT2D eigenvalue weighted by Crippen LogP contribution is 2.25. The number of rotatable bonds is 6. The number of aryl methyl sites for hydroxylation is 3. The molecule has 118 valence electrons. The summed E-state index contributed by atoms with van der Waals surface area (Å²) in [5.41, 5.74) is 2.07. The van der Waals surface area contributed by atoms with Gasteiger partial charge in [-0.05, 0) is 32.0 Å². The first-order valence-corrected chi connectivity index (χ1v) is 6.80. The molecule has 1 amide bonds. The first kappa shape index (κ1) is 15.9. The summed E-state index contributed by atoms with van der Waals surface area (Å²) in [7, 11) is 0.